The van der Waals surface area contributed by atoms with Crippen LogP contribution in [0.4, 0.5) is 18.9 Å². The van der Waals surface area contributed by atoms with Gasteiger partial charge in [0.25, 0.3) is 15.9 Å². The molecule has 0 fully saturated rings. The van der Waals surface area contributed by atoms with Crippen molar-refractivity contribution in [3.05, 3.63) is 96.1 Å². The minimum Gasteiger partial charge on any atom is -0.271 e. The molecule has 3 rings (SSSR count). The summed E-state index contributed by atoms with van der Waals surface area (Å²) in [5, 5.41) is 4.01. The van der Waals surface area contributed by atoms with Crippen molar-refractivity contribution in [2.75, 3.05) is 10.8 Å². The SMILES string of the molecule is C/C(CCc1ccccc1)=N\NC(=O)CN(c1cccc(C(F)(F)F)c1)S(=O)(=O)c1ccccc1. The van der Waals surface area contributed by atoms with E-state index in [9.17, 15) is 26.4 Å². The Balaban J connectivity index is 1.81. The highest BCUT2D eigenvalue weighted by Crippen LogP contribution is 2.33. The predicted molar refractivity (Wildman–Crippen MR) is 128 cm³/mol. The van der Waals surface area contributed by atoms with E-state index in [1.807, 2.05) is 30.3 Å². The van der Waals surface area contributed by atoms with Crippen LogP contribution in [0.5, 0.6) is 0 Å². The van der Waals surface area contributed by atoms with E-state index in [0.29, 0.717) is 28.9 Å². The number of anilines is 1. The van der Waals surface area contributed by atoms with Gasteiger partial charge >= 0.3 is 6.18 Å². The first-order chi connectivity index (χ1) is 16.6. The molecule has 0 radical (unpaired) electrons. The Hall–Kier alpha value is -3.66. The highest BCUT2D eigenvalue weighted by molar-refractivity contribution is 7.92. The molecule has 1 amide bonds. The molecule has 0 bridgehead atoms. The average molecular weight is 504 g/mol. The van der Waals surface area contributed by atoms with Crippen molar-refractivity contribution in [3.63, 3.8) is 0 Å². The van der Waals surface area contributed by atoms with Gasteiger partial charge in [0.1, 0.15) is 6.54 Å². The van der Waals surface area contributed by atoms with Crippen LogP contribution in [-0.4, -0.2) is 26.6 Å². The van der Waals surface area contributed by atoms with E-state index >= 15 is 0 Å². The molecule has 0 unspecified atom stereocenters. The fourth-order valence-electron chi connectivity index (χ4n) is 3.22. The lowest BCUT2D eigenvalue weighted by molar-refractivity contribution is -0.137. The van der Waals surface area contributed by atoms with Crippen LogP contribution in [0.2, 0.25) is 0 Å². The zero-order chi connectivity index (χ0) is 25.5. The Labute approximate surface area is 202 Å². The van der Waals surface area contributed by atoms with Gasteiger partial charge < -0.3 is 0 Å². The van der Waals surface area contributed by atoms with Gasteiger partial charge in [0.15, 0.2) is 0 Å². The molecule has 0 saturated heterocycles. The molecule has 184 valence electrons. The van der Waals surface area contributed by atoms with E-state index in [1.54, 1.807) is 13.0 Å². The number of nitrogens with one attached hydrogen (secondary N) is 1. The number of hydrogen-bond acceptors (Lipinski definition) is 4. The van der Waals surface area contributed by atoms with Gasteiger partial charge in [-0.25, -0.2) is 13.8 Å². The number of aryl methyl sites for hydroxylation is 1. The maximum Gasteiger partial charge on any atom is 0.416 e. The number of benzene rings is 3. The molecule has 0 aliphatic heterocycles. The second-order valence-electron chi connectivity index (χ2n) is 7.74. The molecule has 6 nitrogen and oxygen atoms in total. The van der Waals surface area contributed by atoms with Crippen molar-refractivity contribution in [3.8, 4) is 0 Å². The van der Waals surface area contributed by atoms with Crippen LogP contribution in [0.25, 0.3) is 0 Å². The molecule has 0 aromatic heterocycles. The van der Waals surface area contributed by atoms with E-state index in [-0.39, 0.29) is 10.6 Å². The van der Waals surface area contributed by atoms with Crippen LogP contribution in [-0.2, 0) is 27.4 Å². The van der Waals surface area contributed by atoms with Crippen LogP contribution < -0.4 is 9.73 Å². The van der Waals surface area contributed by atoms with Gasteiger partial charge in [-0.1, -0.05) is 54.6 Å². The van der Waals surface area contributed by atoms with E-state index in [2.05, 4.69) is 10.5 Å². The lowest BCUT2D eigenvalue weighted by Gasteiger charge is -2.24. The van der Waals surface area contributed by atoms with Crippen molar-refractivity contribution >= 4 is 27.3 Å². The average Bonchev–Trinajstić information content (AvgIpc) is 2.85. The molecule has 0 heterocycles. The molecular formula is C25H24F3N3O3S. The first-order valence-corrected chi connectivity index (χ1v) is 12.1. The van der Waals surface area contributed by atoms with Crippen molar-refractivity contribution in [1.82, 2.24) is 5.43 Å². The zero-order valence-electron chi connectivity index (χ0n) is 18.9. The second kappa shape index (κ2) is 11.2. The van der Waals surface area contributed by atoms with Crippen molar-refractivity contribution in [2.24, 2.45) is 5.10 Å². The molecule has 0 saturated carbocycles. The Morgan fingerprint density at radius 1 is 0.943 bits per heavy atom. The zero-order valence-corrected chi connectivity index (χ0v) is 19.7. The first-order valence-electron chi connectivity index (χ1n) is 10.7. The Morgan fingerprint density at radius 2 is 1.57 bits per heavy atom. The van der Waals surface area contributed by atoms with Crippen molar-refractivity contribution in [1.29, 1.82) is 0 Å². The fourth-order valence-corrected chi connectivity index (χ4v) is 4.66. The number of rotatable bonds is 9. The fraction of sp³-hybridized carbons (Fsp3) is 0.200. The van der Waals surface area contributed by atoms with Gasteiger partial charge in [0.2, 0.25) is 0 Å². The van der Waals surface area contributed by atoms with Crippen LogP contribution in [0.1, 0.15) is 24.5 Å². The standard InChI is InChI=1S/C25H24F3N3O3S/c1-19(15-16-20-9-4-2-5-10-20)29-30-24(32)18-31(35(33,34)23-13-6-3-7-14-23)22-12-8-11-21(17-22)25(26,27)28/h2-14,17H,15-16,18H2,1H3,(H,30,32)/b29-19+. The third-order valence-electron chi connectivity index (χ3n) is 5.07. The van der Waals surface area contributed by atoms with Gasteiger partial charge in [0.05, 0.1) is 16.1 Å². The van der Waals surface area contributed by atoms with Crippen LogP contribution in [0.15, 0.2) is 94.9 Å². The quantitative estimate of drug-likeness (QED) is 0.329. The number of sulfonamides is 1. The number of alkyl halides is 3. The summed E-state index contributed by atoms with van der Waals surface area (Å²) >= 11 is 0. The monoisotopic (exact) mass is 503 g/mol. The topological polar surface area (TPSA) is 78.8 Å². The highest BCUT2D eigenvalue weighted by Gasteiger charge is 2.33. The van der Waals surface area contributed by atoms with E-state index in [1.165, 1.54) is 30.3 Å². The molecule has 3 aromatic carbocycles. The Bertz CT molecular complexity index is 1280. The highest BCUT2D eigenvalue weighted by atomic mass is 32.2. The molecule has 0 aliphatic carbocycles. The summed E-state index contributed by atoms with van der Waals surface area (Å²) in [5.74, 6) is -0.791. The largest absolute Gasteiger partial charge is 0.416 e. The lowest BCUT2D eigenvalue weighted by Crippen LogP contribution is -2.39. The normalized spacial score (nSPS) is 12.3. The van der Waals surface area contributed by atoms with Crippen LogP contribution in [0, 0.1) is 0 Å². The van der Waals surface area contributed by atoms with Gasteiger partial charge in [-0.2, -0.15) is 18.3 Å². The molecule has 0 atom stereocenters. The maximum atomic E-state index is 13.3. The third kappa shape index (κ3) is 7.16. The molecule has 0 spiro atoms. The summed E-state index contributed by atoms with van der Waals surface area (Å²) < 4.78 is 66.9. The minimum absolute atomic E-state index is 0.159. The maximum absolute atomic E-state index is 13.3. The molecule has 0 aliphatic rings. The summed E-state index contributed by atoms with van der Waals surface area (Å²) in [4.78, 5) is 12.5. The predicted octanol–water partition coefficient (Wildman–Crippen LogP) is 5.03. The summed E-state index contributed by atoms with van der Waals surface area (Å²) in [6, 6.07) is 20.7. The van der Waals surface area contributed by atoms with Gasteiger partial charge in [-0.15, -0.1) is 0 Å². The molecule has 10 heteroatoms. The second-order valence-corrected chi connectivity index (χ2v) is 9.60. The summed E-state index contributed by atoms with van der Waals surface area (Å²) in [7, 11) is -4.34. The van der Waals surface area contributed by atoms with Gasteiger partial charge in [-0.05, 0) is 55.7 Å². The van der Waals surface area contributed by atoms with E-state index in [0.717, 1.165) is 17.7 Å². The van der Waals surface area contributed by atoms with E-state index < -0.39 is 34.2 Å². The molecule has 1 N–H and O–H groups in total. The number of hydrazone groups is 1. The van der Waals surface area contributed by atoms with Crippen LogP contribution in [0.3, 0.4) is 0 Å². The lowest BCUT2D eigenvalue weighted by atomic mass is 10.1. The number of nitrogens with zero attached hydrogens (tertiary/aromatic N) is 2. The molecular weight excluding hydrogens is 479 g/mol. The number of halogens is 3. The summed E-state index contributed by atoms with van der Waals surface area (Å²) in [6.07, 6.45) is -3.42. The summed E-state index contributed by atoms with van der Waals surface area (Å²) in [5.41, 5.74) is 2.70. The van der Waals surface area contributed by atoms with Crippen LogP contribution >= 0.6 is 0 Å². The van der Waals surface area contributed by atoms with Crippen molar-refractivity contribution in [2.45, 2.75) is 30.8 Å². The number of amides is 1. The van der Waals surface area contributed by atoms with Gasteiger partial charge in [0, 0.05) is 5.71 Å². The smallest absolute Gasteiger partial charge is 0.271 e. The number of hydrogen-bond donors (Lipinski definition) is 1. The summed E-state index contributed by atoms with van der Waals surface area (Å²) in [6.45, 7) is 0.961. The van der Waals surface area contributed by atoms with Gasteiger partial charge in [-0.3, -0.25) is 9.10 Å². The Kier molecular flexibility index (Phi) is 8.29. The molecule has 35 heavy (non-hydrogen) atoms. The molecule has 3 aromatic rings. The number of carbonyl (C=O) groups is 1. The number of carbonyl (C=O) groups excluding carboxylic acids is 1. The Morgan fingerprint density at radius 3 is 2.20 bits per heavy atom. The van der Waals surface area contributed by atoms with E-state index in [4.69, 9.17) is 0 Å². The van der Waals surface area contributed by atoms with Crippen molar-refractivity contribution < 1.29 is 26.4 Å². The minimum atomic E-state index is -4.68. The first kappa shape index (κ1) is 26.0. The third-order valence-corrected chi connectivity index (χ3v) is 6.86.